The van der Waals surface area contributed by atoms with Crippen molar-refractivity contribution in [2.45, 2.75) is 46.7 Å². The molecular formula is C11H23F. The normalized spacial score (nSPS) is 8.50. The highest BCUT2D eigenvalue weighted by Crippen LogP contribution is 2.20. The molecule has 0 N–H and O–H groups in total. The molecule has 0 saturated carbocycles. The van der Waals surface area contributed by atoms with E-state index in [4.69, 9.17) is 0 Å². The molecule has 0 atom stereocenters. The molecule has 0 nitrogen and oxygen atoms in total. The smallest absolute Gasteiger partial charge is 0.126 e. The summed E-state index contributed by atoms with van der Waals surface area (Å²) in [5, 5.41) is 0. The molecule has 0 aliphatic rings. The maximum atomic E-state index is 12.7. The highest BCUT2D eigenvalue weighted by Gasteiger charge is 2.17. The van der Waals surface area contributed by atoms with Crippen molar-refractivity contribution in [3.8, 4) is 0 Å². The summed E-state index contributed by atoms with van der Waals surface area (Å²) in [6.07, 6.45) is 0.726. The average Bonchev–Trinajstić information content (AvgIpc) is 2.08. The van der Waals surface area contributed by atoms with Crippen molar-refractivity contribution < 1.29 is 4.39 Å². The van der Waals surface area contributed by atoms with Crippen LogP contribution in [0.25, 0.3) is 0 Å². The Hall–Kier alpha value is -0.590. The predicted molar refractivity (Wildman–Crippen MR) is 57.2 cm³/mol. The second-order valence-corrected chi connectivity index (χ2v) is 2.43. The number of alkyl halides is 1. The first-order valence-electron chi connectivity index (χ1n) is 4.35. The number of hydrogen-bond donors (Lipinski definition) is 0. The maximum absolute atomic E-state index is 12.7. The van der Waals surface area contributed by atoms with E-state index in [1.54, 1.807) is 0 Å². The second kappa shape index (κ2) is 10.4. The Bertz CT molecular complexity index is 98.1. The third-order valence-electron chi connectivity index (χ3n) is 1.27. The second-order valence-electron chi connectivity index (χ2n) is 2.43. The van der Waals surface area contributed by atoms with Gasteiger partial charge in [0.05, 0.1) is 0 Å². The molecule has 0 aliphatic carbocycles. The molecule has 1 heteroatoms. The van der Waals surface area contributed by atoms with E-state index in [1.807, 2.05) is 20.8 Å². The largest absolute Gasteiger partial charge is 0.240 e. The fraction of sp³-hybridized carbons (Fsp3) is 0.636. The van der Waals surface area contributed by atoms with E-state index in [9.17, 15) is 4.39 Å². The van der Waals surface area contributed by atoms with Gasteiger partial charge < -0.3 is 0 Å². The van der Waals surface area contributed by atoms with Crippen LogP contribution in [0.5, 0.6) is 0 Å². The maximum Gasteiger partial charge on any atom is 0.126 e. The standard InChI is InChI=1S/C7H13F.C2H6.C2H4/c1-5-6(2)7(3,4)8;2*1-2/h2,5H2,1,3-4H3;1-2H3;1-2H2. The lowest BCUT2D eigenvalue weighted by atomic mass is 10.0. The zero-order chi connectivity index (χ0) is 10.8. The van der Waals surface area contributed by atoms with Gasteiger partial charge in [0.25, 0.3) is 0 Å². The van der Waals surface area contributed by atoms with Crippen molar-refractivity contribution in [2.24, 2.45) is 0 Å². The summed E-state index contributed by atoms with van der Waals surface area (Å²) in [5.41, 5.74) is -0.521. The van der Waals surface area contributed by atoms with Gasteiger partial charge >= 0.3 is 0 Å². The fourth-order valence-corrected chi connectivity index (χ4v) is 0.420. The Labute approximate surface area is 77.2 Å². The fourth-order valence-electron chi connectivity index (χ4n) is 0.420. The molecule has 0 aromatic carbocycles. The number of hydrogen-bond acceptors (Lipinski definition) is 0. The van der Waals surface area contributed by atoms with Crippen molar-refractivity contribution in [3.63, 3.8) is 0 Å². The molecule has 0 spiro atoms. The van der Waals surface area contributed by atoms with E-state index in [-0.39, 0.29) is 0 Å². The summed E-state index contributed by atoms with van der Waals surface area (Å²) in [6, 6.07) is 0. The third kappa shape index (κ3) is 12.1. The van der Waals surface area contributed by atoms with Crippen LogP contribution in [0.2, 0.25) is 0 Å². The molecule has 0 saturated heterocycles. The molecule has 0 rings (SSSR count). The highest BCUT2D eigenvalue weighted by molar-refractivity contribution is 5.07. The first kappa shape index (κ1) is 17.5. The van der Waals surface area contributed by atoms with Crippen LogP contribution in [0.3, 0.4) is 0 Å². The first-order chi connectivity index (χ1) is 5.48. The minimum absolute atomic E-state index is 0.664. The molecule has 0 unspecified atom stereocenters. The highest BCUT2D eigenvalue weighted by atomic mass is 19.1. The molecule has 0 radical (unpaired) electrons. The Morgan fingerprint density at radius 1 is 1.25 bits per heavy atom. The SMILES string of the molecule is C=C.C=C(CC)C(C)(C)F.CC. The van der Waals surface area contributed by atoms with Gasteiger partial charge in [-0.25, -0.2) is 4.39 Å². The summed E-state index contributed by atoms with van der Waals surface area (Å²) in [6.45, 7) is 18.5. The Morgan fingerprint density at radius 2 is 1.50 bits per heavy atom. The molecular weight excluding hydrogens is 151 g/mol. The van der Waals surface area contributed by atoms with Crippen LogP contribution in [0.1, 0.15) is 41.0 Å². The van der Waals surface area contributed by atoms with E-state index < -0.39 is 5.67 Å². The summed E-state index contributed by atoms with van der Waals surface area (Å²) in [7, 11) is 0. The first-order valence-corrected chi connectivity index (χ1v) is 4.35. The van der Waals surface area contributed by atoms with Gasteiger partial charge in [-0.3, -0.25) is 0 Å². The number of rotatable bonds is 2. The van der Waals surface area contributed by atoms with Gasteiger partial charge in [0, 0.05) is 0 Å². The Kier molecular flexibility index (Phi) is 15.2. The molecule has 0 aliphatic heterocycles. The zero-order valence-electron chi connectivity index (χ0n) is 9.21. The lowest BCUT2D eigenvalue weighted by molar-refractivity contribution is 0.264. The van der Waals surface area contributed by atoms with Crippen molar-refractivity contribution in [3.05, 3.63) is 25.3 Å². The van der Waals surface area contributed by atoms with Gasteiger partial charge in [0.1, 0.15) is 5.67 Å². The average molecular weight is 174 g/mol. The predicted octanol–water partition coefficient (Wildman–Crippen LogP) is 4.53. The van der Waals surface area contributed by atoms with Crippen LogP contribution in [0.4, 0.5) is 4.39 Å². The molecule has 12 heavy (non-hydrogen) atoms. The van der Waals surface area contributed by atoms with Crippen LogP contribution in [0.15, 0.2) is 25.3 Å². The van der Waals surface area contributed by atoms with Crippen molar-refractivity contribution in [2.75, 3.05) is 0 Å². The number of halogens is 1. The van der Waals surface area contributed by atoms with Crippen molar-refractivity contribution >= 4 is 0 Å². The van der Waals surface area contributed by atoms with Gasteiger partial charge in [-0.15, -0.1) is 13.2 Å². The Morgan fingerprint density at radius 3 is 1.50 bits per heavy atom. The third-order valence-corrected chi connectivity index (χ3v) is 1.27. The molecule has 0 aromatic heterocycles. The summed E-state index contributed by atoms with van der Waals surface area (Å²) >= 11 is 0. The molecule has 0 bridgehead atoms. The number of allylic oxidation sites excluding steroid dienone is 1. The quantitative estimate of drug-likeness (QED) is 0.539. The zero-order valence-corrected chi connectivity index (χ0v) is 9.21. The van der Waals surface area contributed by atoms with E-state index in [0.29, 0.717) is 5.57 Å². The molecule has 0 amide bonds. The monoisotopic (exact) mass is 174 g/mol. The lowest BCUT2D eigenvalue weighted by Gasteiger charge is -2.14. The van der Waals surface area contributed by atoms with Crippen LogP contribution in [0, 0.1) is 0 Å². The van der Waals surface area contributed by atoms with Crippen LogP contribution in [-0.2, 0) is 0 Å². The van der Waals surface area contributed by atoms with Gasteiger partial charge in [-0.05, 0) is 25.8 Å². The van der Waals surface area contributed by atoms with Crippen LogP contribution < -0.4 is 0 Å². The van der Waals surface area contributed by atoms with Gasteiger partial charge in [0.15, 0.2) is 0 Å². The van der Waals surface area contributed by atoms with Gasteiger partial charge in [-0.2, -0.15) is 0 Å². The van der Waals surface area contributed by atoms with E-state index in [1.165, 1.54) is 13.8 Å². The van der Waals surface area contributed by atoms with E-state index >= 15 is 0 Å². The van der Waals surface area contributed by atoms with Crippen LogP contribution >= 0.6 is 0 Å². The lowest BCUT2D eigenvalue weighted by Crippen LogP contribution is -2.13. The molecule has 74 valence electrons. The molecule has 0 fully saturated rings. The molecule has 0 aromatic rings. The summed E-state index contributed by atoms with van der Waals surface area (Å²) in [4.78, 5) is 0. The minimum Gasteiger partial charge on any atom is -0.240 e. The summed E-state index contributed by atoms with van der Waals surface area (Å²) < 4.78 is 12.7. The molecule has 0 heterocycles. The minimum atomic E-state index is -1.19. The van der Waals surface area contributed by atoms with Gasteiger partial charge in [-0.1, -0.05) is 27.4 Å². The van der Waals surface area contributed by atoms with E-state index in [0.717, 1.165) is 6.42 Å². The van der Waals surface area contributed by atoms with Gasteiger partial charge in [0.2, 0.25) is 0 Å². The van der Waals surface area contributed by atoms with Crippen molar-refractivity contribution in [1.82, 2.24) is 0 Å². The Balaban J connectivity index is -0.000000175. The van der Waals surface area contributed by atoms with Crippen molar-refractivity contribution in [1.29, 1.82) is 0 Å². The van der Waals surface area contributed by atoms with Crippen LogP contribution in [-0.4, -0.2) is 5.67 Å². The van der Waals surface area contributed by atoms with E-state index in [2.05, 4.69) is 19.7 Å². The summed E-state index contributed by atoms with van der Waals surface area (Å²) in [5.74, 6) is 0. The topological polar surface area (TPSA) is 0 Å².